The third-order valence-corrected chi connectivity index (χ3v) is 4.79. The fraction of sp³-hybridized carbons (Fsp3) is 0.625. The first-order valence-corrected chi connectivity index (χ1v) is 8.27. The van der Waals surface area contributed by atoms with E-state index in [4.69, 9.17) is 0 Å². The highest BCUT2D eigenvalue weighted by Crippen LogP contribution is 2.34. The van der Waals surface area contributed by atoms with Gasteiger partial charge in [0.15, 0.2) is 0 Å². The van der Waals surface area contributed by atoms with Crippen molar-refractivity contribution < 1.29 is 4.39 Å². The Morgan fingerprint density at radius 3 is 2.41 bits per heavy atom. The van der Waals surface area contributed by atoms with Crippen LogP contribution in [0.25, 0.3) is 0 Å². The third-order valence-electron chi connectivity index (χ3n) is 3.95. The van der Waals surface area contributed by atoms with Crippen molar-refractivity contribution >= 4 is 40.7 Å². The Labute approximate surface area is 154 Å². The topological polar surface area (TPSA) is 15.3 Å². The minimum Gasteiger partial charge on any atom is -0.314 e. The number of halogens is 4. The molecule has 0 spiro atoms. The lowest BCUT2D eigenvalue weighted by atomic mass is 9.95. The van der Waals surface area contributed by atoms with Crippen LogP contribution >= 0.6 is 40.7 Å². The predicted molar refractivity (Wildman–Crippen MR) is 99.9 cm³/mol. The molecule has 2 rings (SSSR count). The minimum absolute atomic E-state index is 0. The monoisotopic (exact) mass is 414 g/mol. The van der Waals surface area contributed by atoms with Gasteiger partial charge in [0.2, 0.25) is 0 Å². The molecule has 128 valence electrons. The lowest BCUT2D eigenvalue weighted by molar-refractivity contribution is 0.159. The first-order chi connectivity index (χ1) is 9.59. The van der Waals surface area contributed by atoms with Crippen LogP contribution in [0, 0.1) is 11.7 Å². The molecule has 1 aliphatic rings. The van der Waals surface area contributed by atoms with E-state index in [1.165, 1.54) is 6.07 Å². The summed E-state index contributed by atoms with van der Waals surface area (Å²) < 4.78 is 14.5. The molecule has 0 saturated carbocycles. The Morgan fingerprint density at radius 1 is 1.18 bits per heavy atom. The number of hydrogen-bond donors (Lipinski definition) is 1. The fourth-order valence-electron chi connectivity index (χ4n) is 2.80. The second kappa shape index (κ2) is 10.8. The molecule has 1 aliphatic heterocycles. The number of rotatable bonds is 5. The van der Waals surface area contributed by atoms with Crippen molar-refractivity contribution in [2.75, 3.05) is 26.2 Å². The maximum atomic E-state index is 13.8. The van der Waals surface area contributed by atoms with Gasteiger partial charge in [-0.3, -0.25) is 4.90 Å². The molecule has 1 aromatic rings. The highest BCUT2D eigenvalue weighted by Gasteiger charge is 2.24. The van der Waals surface area contributed by atoms with Gasteiger partial charge in [0, 0.05) is 32.2 Å². The van der Waals surface area contributed by atoms with E-state index in [-0.39, 0.29) is 30.6 Å². The predicted octanol–water partition coefficient (Wildman–Crippen LogP) is 4.81. The highest BCUT2D eigenvalue weighted by atomic mass is 79.9. The van der Waals surface area contributed by atoms with Crippen molar-refractivity contribution in [3.8, 4) is 0 Å². The van der Waals surface area contributed by atoms with E-state index in [0.29, 0.717) is 16.4 Å². The van der Waals surface area contributed by atoms with E-state index in [0.717, 1.165) is 44.6 Å². The van der Waals surface area contributed by atoms with Crippen molar-refractivity contribution in [1.82, 2.24) is 10.2 Å². The van der Waals surface area contributed by atoms with Crippen LogP contribution in [0.2, 0.25) is 0 Å². The summed E-state index contributed by atoms with van der Waals surface area (Å²) >= 11 is 3.44. The second-order valence-corrected chi connectivity index (χ2v) is 6.71. The number of nitrogens with one attached hydrogen (secondary N) is 1. The van der Waals surface area contributed by atoms with Gasteiger partial charge >= 0.3 is 0 Å². The Hall–Kier alpha value is 0.130. The summed E-state index contributed by atoms with van der Waals surface area (Å²) in [4.78, 5) is 2.48. The highest BCUT2D eigenvalue weighted by molar-refractivity contribution is 9.10. The minimum atomic E-state index is -0.160. The summed E-state index contributed by atoms with van der Waals surface area (Å²) in [5.41, 5.74) is 1.09. The Balaban J connectivity index is 0.00000220. The molecule has 0 amide bonds. The maximum Gasteiger partial charge on any atom is 0.137 e. The molecule has 1 heterocycles. The maximum absolute atomic E-state index is 13.8. The lowest BCUT2D eigenvalue weighted by Crippen LogP contribution is -2.45. The van der Waals surface area contributed by atoms with Crippen molar-refractivity contribution in [1.29, 1.82) is 0 Å². The van der Waals surface area contributed by atoms with Crippen LogP contribution in [0.15, 0.2) is 22.7 Å². The van der Waals surface area contributed by atoms with E-state index < -0.39 is 0 Å². The second-order valence-electron chi connectivity index (χ2n) is 5.92. The molecule has 1 fully saturated rings. The van der Waals surface area contributed by atoms with Crippen LogP contribution < -0.4 is 5.32 Å². The van der Waals surface area contributed by atoms with Gasteiger partial charge in [0.1, 0.15) is 5.82 Å². The zero-order chi connectivity index (χ0) is 14.5. The van der Waals surface area contributed by atoms with Gasteiger partial charge in [-0.05, 0) is 46.3 Å². The zero-order valence-corrected chi connectivity index (χ0v) is 16.4. The SMILES string of the molecule is CC(C)CC[C@H](c1cccc(F)c1Br)N1CCNCC1.Cl.Cl. The smallest absolute Gasteiger partial charge is 0.137 e. The van der Waals surface area contributed by atoms with Gasteiger partial charge in [0.05, 0.1) is 4.47 Å². The van der Waals surface area contributed by atoms with Gasteiger partial charge in [0.25, 0.3) is 0 Å². The molecule has 0 aromatic heterocycles. The molecule has 2 nitrogen and oxygen atoms in total. The molecule has 0 bridgehead atoms. The molecule has 0 aliphatic carbocycles. The molecule has 0 unspecified atom stereocenters. The normalized spacial score (nSPS) is 16.8. The number of nitrogens with zero attached hydrogens (tertiary/aromatic N) is 1. The molecule has 1 saturated heterocycles. The van der Waals surface area contributed by atoms with E-state index in [1.807, 2.05) is 6.07 Å². The molecule has 1 atom stereocenters. The Kier molecular flexibility index (Phi) is 10.9. The Morgan fingerprint density at radius 2 is 1.82 bits per heavy atom. The molecular weight excluding hydrogens is 390 g/mol. The molecule has 6 heteroatoms. The summed E-state index contributed by atoms with van der Waals surface area (Å²) in [7, 11) is 0. The van der Waals surface area contributed by atoms with E-state index in [9.17, 15) is 4.39 Å². The van der Waals surface area contributed by atoms with E-state index >= 15 is 0 Å². The molecule has 1 N–H and O–H groups in total. The number of piperazine rings is 1. The van der Waals surface area contributed by atoms with Gasteiger partial charge in [-0.2, -0.15) is 0 Å². The van der Waals surface area contributed by atoms with Gasteiger partial charge in [-0.15, -0.1) is 24.8 Å². The quantitative estimate of drug-likeness (QED) is 0.741. The molecular formula is C16H26BrCl2FN2. The van der Waals surface area contributed by atoms with Crippen LogP contribution in [-0.4, -0.2) is 31.1 Å². The first-order valence-electron chi connectivity index (χ1n) is 7.48. The van der Waals surface area contributed by atoms with E-state index in [1.54, 1.807) is 0 Å². The molecule has 1 aromatic carbocycles. The fourth-order valence-corrected chi connectivity index (χ4v) is 3.33. The summed E-state index contributed by atoms with van der Waals surface area (Å²) in [6.07, 6.45) is 2.25. The standard InChI is InChI=1S/C16H24BrFN2.2ClH/c1-12(2)6-7-15(20-10-8-19-9-11-20)13-4-3-5-14(18)16(13)17;;/h3-5,12,15,19H,6-11H2,1-2H3;2*1H/t15-;;/m1../s1. The molecule has 0 radical (unpaired) electrons. The van der Waals surface area contributed by atoms with E-state index in [2.05, 4.69) is 46.1 Å². The summed E-state index contributed by atoms with van der Waals surface area (Å²) in [6.45, 7) is 8.60. The van der Waals surface area contributed by atoms with Crippen LogP contribution in [-0.2, 0) is 0 Å². The summed E-state index contributed by atoms with van der Waals surface area (Å²) in [6, 6.07) is 5.70. The third kappa shape index (κ3) is 5.97. The van der Waals surface area contributed by atoms with Gasteiger partial charge in [-0.25, -0.2) is 4.39 Å². The average Bonchev–Trinajstić information content (AvgIpc) is 2.44. The van der Waals surface area contributed by atoms with Crippen LogP contribution in [0.5, 0.6) is 0 Å². The number of benzene rings is 1. The molecule has 22 heavy (non-hydrogen) atoms. The number of hydrogen-bond acceptors (Lipinski definition) is 2. The largest absolute Gasteiger partial charge is 0.314 e. The van der Waals surface area contributed by atoms with Crippen LogP contribution in [0.4, 0.5) is 4.39 Å². The first kappa shape index (κ1) is 22.1. The van der Waals surface area contributed by atoms with Crippen molar-refractivity contribution in [2.45, 2.75) is 32.7 Å². The van der Waals surface area contributed by atoms with Crippen molar-refractivity contribution in [3.05, 3.63) is 34.1 Å². The summed E-state index contributed by atoms with van der Waals surface area (Å²) in [5, 5.41) is 3.38. The Bertz CT molecular complexity index is 440. The van der Waals surface area contributed by atoms with Gasteiger partial charge < -0.3 is 5.32 Å². The average molecular weight is 416 g/mol. The zero-order valence-electron chi connectivity index (χ0n) is 13.1. The lowest BCUT2D eigenvalue weighted by Gasteiger charge is -2.36. The summed E-state index contributed by atoms with van der Waals surface area (Å²) in [5.74, 6) is 0.514. The van der Waals surface area contributed by atoms with Crippen molar-refractivity contribution in [2.24, 2.45) is 5.92 Å². The van der Waals surface area contributed by atoms with Crippen molar-refractivity contribution in [3.63, 3.8) is 0 Å². The van der Waals surface area contributed by atoms with Crippen LogP contribution in [0.3, 0.4) is 0 Å². The van der Waals surface area contributed by atoms with Crippen LogP contribution in [0.1, 0.15) is 38.3 Å². The van der Waals surface area contributed by atoms with Gasteiger partial charge in [-0.1, -0.05) is 26.0 Å².